The van der Waals surface area contributed by atoms with E-state index in [9.17, 15) is 0 Å². The lowest BCUT2D eigenvalue weighted by atomic mass is 10.4. The number of nitrogens with zero attached hydrogens (tertiary/aromatic N) is 3. The highest BCUT2D eigenvalue weighted by atomic mass is 79.9. The molecule has 100 valence electrons. The highest BCUT2D eigenvalue weighted by Crippen LogP contribution is 2.26. The van der Waals surface area contributed by atoms with Gasteiger partial charge < -0.3 is 10.2 Å². The van der Waals surface area contributed by atoms with Gasteiger partial charge in [0.2, 0.25) is 5.95 Å². The van der Waals surface area contributed by atoms with Crippen LogP contribution in [0.5, 0.6) is 0 Å². The summed E-state index contributed by atoms with van der Waals surface area (Å²) in [5, 5.41) is 3.24. The van der Waals surface area contributed by atoms with Gasteiger partial charge in [-0.1, -0.05) is 6.92 Å². The van der Waals surface area contributed by atoms with Crippen LogP contribution in [0, 0.1) is 0 Å². The molecule has 2 rings (SSSR count). The minimum Gasteiger partial charge on any atom is -0.355 e. The number of halogens is 1. The lowest BCUT2D eigenvalue weighted by Crippen LogP contribution is -2.27. The second kappa shape index (κ2) is 7.19. The van der Waals surface area contributed by atoms with Crippen LogP contribution in [0.1, 0.15) is 19.8 Å². The molecule has 1 aliphatic rings. The predicted octanol–water partition coefficient (Wildman–Crippen LogP) is 3.00. The monoisotopic (exact) mass is 330 g/mol. The van der Waals surface area contributed by atoms with Gasteiger partial charge in [-0.05, 0) is 34.5 Å². The molecule has 2 heterocycles. The molecule has 0 spiro atoms. The first-order valence-electron chi connectivity index (χ1n) is 6.40. The van der Waals surface area contributed by atoms with E-state index in [2.05, 4.69) is 43.0 Å². The Bertz CT molecular complexity index is 380. The van der Waals surface area contributed by atoms with Crippen LogP contribution < -0.4 is 10.2 Å². The summed E-state index contributed by atoms with van der Waals surface area (Å²) in [7, 11) is 0. The molecule has 6 heteroatoms. The third-order valence-corrected chi connectivity index (χ3v) is 4.39. The third-order valence-electron chi connectivity index (χ3n) is 2.78. The fraction of sp³-hybridized carbons (Fsp3) is 0.667. The Hall–Kier alpha value is -0.490. The van der Waals surface area contributed by atoms with Crippen molar-refractivity contribution in [3.05, 3.63) is 10.7 Å². The zero-order valence-corrected chi connectivity index (χ0v) is 13.1. The zero-order chi connectivity index (χ0) is 12.8. The van der Waals surface area contributed by atoms with E-state index in [4.69, 9.17) is 0 Å². The minimum atomic E-state index is 0.729. The van der Waals surface area contributed by atoms with Gasteiger partial charge in [-0.25, -0.2) is 4.98 Å². The lowest BCUT2D eigenvalue weighted by Gasteiger charge is -2.22. The molecule has 1 fully saturated rings. The van der Waals surface area contributed by atoms with Crippen molar-refractivity contribution in [3.8, 4) is 0 Å². The molecule has 1 saturated heterocycles. The molecule has 0 bridgehead atoms. The van der Waals surface area contributed by atoms with Crippen molar-refractivity contribution < 1.29 is 0 Å². The van der Waals surface area contributed by atoms with Crippen molar-refractivity contribution in [2.24, 2.45) is 0 Å². The first kappa shape index (κ1) is 13.9. The van der Waals surface area contributed by atoms with E-state index in [1.165, 1.54) is 17.9 Å². The molecular formula is C12H19BrN4S. The second-order valence-electron chi connectivity index (χ2n) is 4.24. The molecule has 1 N–H and O–H groups in total. The molecule has 0 amide bonds. The molecule has 1 aromatic rings. The van der Waals surface area contributed by atoms with E-state index in [1.807, 2.05) is 18.0 Å². The standard InChI is InChI=1S/C12H19BrN4S/c1-2-4-14-12-15-9-10(13)11(16-12)17-5-3-7-18-8-6-17/h9H,2-8H2,1H3,(H,14,15,16). The van der Waals surface area contributed by atoms with Crippen LogP contribution in [-0.2, 0) is 0 Å². The summed E-state index contributed by atoms with van der Waals surface area (Å²) < 4.78 is 0.983. The maximum Gasteiger partial charge on any atom is 0.224 e. The van der Waals surface area contributed by atoms with Crippen LogP contribution in [0.4, 0.5) is 11.8 Å². The summed E-state index contributed by atoms with van der Waals surface area (Å²) in [5.74, 6) is 4.17. The summed E-state index contributed by atoms with van der Waals surface area (Å²) in [4.78, 5) is 11.3. The summed E-state index contributed by atoms with van der Waals surface area (Å²) in [5.41, 5.74) is 0. The largest absolute Gasteiger partial charge is 0.355 e. The fourth-order valence-corrected chi connectivity index (χ4v) is 3.19. The van der Waals surface area contributed by atoms with Crippen molar-refractivity contribution in [3.63, 3.8) is 0 Å². The quantitative estimate of drug-likeness (QED) is 0.919. The molecule has 1 aliphatic heterocycles. The normalized spacial score (nSPS) is 16.4. The average molecular weight is 331 g/mol. The van der Waals surface area contributed by atoms with Crippen molar-refractivity contribution in [2.75, 3.05) is 41.4 Å². The first-order chi connectivity index (χ1) is 8.81. The summed E-state index contributed by atoms with van der Waals surface area (Å²) in [6.45, 7) is 5.19. The molecule has 18 heavy (non-hydrogen) atoms. The van der Waals surface area contributed by atoms with Gasteiger partial charge in [0.25, 0.3) is 0 Å². The van der Waals surface area contributed by atoms with E-state index in [0.717, 1.165) is 42.3 Å². The number of rotatable bonds is 4. The van der Waals surface area contributed by atoms with Crippen LogP contribution in [0.3, 0.4) is 0 Å². The van der Waals surface area contributed by atoms with Crippen molar-refractivity contribution in [1.82, 2.24) is 9.97 Å². The van der Waals surface area contributed by atoms with Gasteiger partial charge in [-0.15, -0.1) is 0 Å². The lowest BCUT2D eigenvalue weighted by molar-refractivity contribution is 0.795. The fourth-order valence-electron chi connectivity index (χ4n) is 1.86. The highest BCUT2D eigenvalue weighted by molar-refractivity contribution is 9.10. The number of thioether (sulfide) groups is 1. The van der Waals surface area contributed by atoms with Crippen LogP contribution >= 0.6 is 27.7 Å². The molecular weight excluding hydrogens is 312 g/mol. The Morgan fingerprint density at radius 3 is 3.17 bits per heavy atom. The summed E-state index contributed by atoms with van der Waals surface area (Å²) in [6, 6.07) is 0. The molecule has 0 aliphatic carbocycles. The number of hydrogen-bond acceptors (Lipinski definition) is 5. The Balaban J connectivity index is 2.13. The minimum absolute atomic E-state index is 0.729. The maximum atomic E-state index is 4.62. The van der Waals surface area contributed by atoms with Gasteiger partial charge in [-0.2, -0.15) is 16.7 Å². The van der Waals surface area contributed by atoms with Gasteiger partial charge in [0.15, 0.2) is 0 Å². The number of hydrogen-bond donors (Lipinski definition) is 1. The van der Waals surface area contributed by atoms with Gasteiger partial charge in [0.1, 0.15) is 5.82 Å². The SMILES string of the molecule is CCCNc1ncc(Br)c(N2CCCSCC2)n1. The maximum absolute atomic E-state index is 4.62. The highest BCUT2D eigenvalue weighted by Gasteiger charge is 2.15. The van der Waals surface area contributed by atoms with Gasteiger partial charge >= 0.3 is 0 Å². The van der Waals surface area contributed by atoms with Crippen molar-refractivity contribution in [1.29, 1.82) is 0 Å². The van der Waals surface area contributed by atoms with Gasteiger partial charge in [0, 0.05) is 31.6 Å². The zero-order valence-electron chi connectivity index (χ0n) is 10.7. The Morgan fingerprint density at radius 2 is 2.33 bits per heavy atom. The predicted molar refractivity (Wildman–Crippen MR) is 82.7 cm³/mol. The van der Waals surface area contributed by atoms with Gasteiger partial charge in [0.05, 0.1) is 4.47 Å². The molecule has 4 nitrogen and oxygen atoms in total. The molecule has 0 aromatic carbocycles. The van der Waals surface area contributed by atoms with Crippen LogP contribution in [0.25, 0.3) is 0 Å². The first-order valence-corrected chi connectivity index (χ1v) is 8.35. The second-order valence-corrected chi connectivity index (χ2v) is 6.32. The van der Waals surface area contributed by atoms with E-state index in [-0.39, 0.29) is 0 Å². The number of anilines is 2. The molecule has 0 saturated carbocycles. The molecule has 0 radical (unpaired) electrons. The summed E-state index contributed by atoms with van der Waals surface area (Å²) in [6.07, 6.45) is 4.15. The Kier molecular flexibility index (Phi) is 5.56. The van der Waals surface area contributed by atoms with E-state index >= 15 is 0 Å². The third kappa shape index (κ3) is 3.75. The Labute approximate surface area is 121 Å². The smallest absolute Gasteiger partial charge is 0.224 e. The van der Waals surface area contributed by atoms with Crippen molar-refractivity contribution >= 4 is 39.5 Å². The van der Waals surface area contributed by atoms with Crippen molar-refractivity contribution in [2.45, 2.75) is 19.8 Å². The van der Waals surface area contributed by atoms with E-state index in [0.29, 0.717) is 0 Å². The summed E-state index contributed by atoms with van der Waals surface area (Å²) >= 11 is 5.58. The van der Waals surface area contributed by atoms with E-state index in [1.54, 1.807) is 0 Å². The number of nitrogens with one attached hydrogen (secondary N) is 1. The average Bonchev–Trinajstić information content (AvgIpc) is 2.66. The number of aromatic nitrogens is 2. The molecule has 1 aromatic heterocycles. The van der Waals surface area contributed by atoms with E-state index < -0.39 is 0 Å². The van der Waals surface area contributed by atoms with Crippen LogP contribution in [-0.4, -0.2) is 41.1 Å². The topological polar surface area (TPSA) is 41.1 Å². The van der Waals surface area contributed by atoms with Gasteiger partial charge in [-0.3, -0.25) is 0 Å². The Morgan fingerprint density at radius 1 is 1.44 bits per heavy atom. The molecule has 0 unspecified atom stereocenters. The molecule has 0 atom stereocenters. The van der Waals surface area contributed by atoms with Crippen LogP contribution in [0.15, 0.2) is 10.7 Å². The van der Waals surface area contributed by atoms with Crippen LogP contribution in [0.2, 0.25) is 0 Å².